The van der Waals surface area contributed by atoms with Crippen LogP contribution in [0.1, 0.15) is 24.0 Å². The van der Waals surface area contributed by atoms with Crippen molar-refractivity contribution in [2.45, 2.75) is 32.8 Å². The number of hydrogen-bond acceptors (Lipinski definition) is 3. The Kier molecular flexibility index (Phi) is 4.65. The number of aliphatic hydroxyl groups excluding tert-OH is 1. The van der Waals surface area contributed by atoms with E-state index in [9.17, 15) is 9.90 Å². The van der Waals surface area contributed by atoms with E-state index in [1.54, 1.807) is 4.90 Å². The molecule has 1 saturated heterocycles. The van der Waals surface area contributed by atoms with Crippen LogP contribution in [0, 0.1) is 13.8 Å². The number of nitrogens with zero attached hydrogens (tertiary/aromatic N) is 2. The highest BCUT2D eigenvalue weighted by atomic mass is 16.3. The number of β-amino-alcohol motifs (C(OH)–C–C–N with tert-alkyl or cyclic N) is 1. The highest BCUT2D eigenvalue weighted by Gasteiger charge is 2.23. The second-order valence-corrected chi connectivity index (χ2v) is 5.82. The normalized spacial score (nSPS) is 16.6. The predicted octanol–water partition coefficient (Wildman–Crippen LogP) is 1.72. The largest absolute Gasteiger partial charge is 0.389 e. The second kappa shape index (κ2) is 6.27. The van der Waals surface area contributed by atoms with Gasteiger partial charge in [-0.1, -0.05) is 6.07 Å². The maximum Gasteiger partial charge on any atom is 0.222 e. The van der Waals surface area contributed by atoms with E-state index in [2.05, 4.69) is 32.0 Å². The number of likely N-dealkylation sites (N-methyl/N-ethyl adjacent to an activating group) is 1. The van der Waals surface area contributed by atoms with Gasteiger partial charge in [-0.05, 0) is 43.5 Å². The fraction of sp³-hybridized carbons (Fsp3) is 0.562. The van der Waals surface area contributed by atoms with Gasteiger partial charge in [0, 0.05) is 38.8 Å². The van der Waals surface area contributed by atoms with Gasteiger partial charge in [0.25, 0.3) is 0 Å². The molecule has 0 spiro atoms. The van der Waals surface area contributed by atoms with E-state index in [0.717, 1.165) is 18.7 Å². The molecule has 1 aliphatic rings. The van der Waals surface area contributed by atoms with Gasteiger partial charge >= 0.3 is 0 Å². The fourth-order valence-electron chi connectivity index (χ4n) is 2.80. The van der Waals surface area contributed by atoms with Crippen LogP contribution in [0.4, 0.5) is 5.69 Å². The van der Waals surface area contributed by atoms with E-state index in [1.807, 2.05) is 11.9 Å². The third-order valence-electron chi connectivity index (χ3n) is 3.73. The first-order valence-corrected chi connectivity index (χ1v) is 7.21. The molecule has 0 radical (unpaired) electrons. The van der Waals surface area contributed by atoms with Crippen LogP contribution >= 0.6 is 0 Å². The van der Waals surface area contributed by atoms with Gasteiger partial charge in [0.05, 0.1) is 6.10 Å². The minimum atomic E-state index is -0.511. The first kappa shape index (κ1) is 14.9. The Morgan fingerprint density at radius 1 is 1.30 bits per heavy atom. The van der Waals surface area contributed by atoms with Crippen molar-refractivity contribution < 1.29 is 9.90 Å². The topological polar surface area (TPSA) is 43.8 Å². The Bertz CT molecular complexity index is 467. The molecule has 1 aromatic rings. The maximum atomic E-state index is 11.6. The molecule has 1 heterocycles. The zero-order valence-electron chi connectivity index (χ0n) is 12.6. The summed E-state index contributed by atoms with van der Waals surface area (Å²) in [6.45, 7) is 5.90. The molecular formula is C16H24N2O2. The third-order valence-corrected chi connectivity index (χ3v) is 3.73. The van der Waals surface area contributed by atoms with Crippen molar-refractivity contribution in [2.75, 3.05) is 31.6 Å². The molecule has 0 aromatic heterocycles. The average molecular weight is 276 g/mol. The number of carbonyl (C=O) groups excluding carboxylic acids is 1. The van der Waals surface area contributed by atoms with Gasteiger partial charge in [-0.2, -0.15) is 0 Å². The van der Waals surface area contributed by atoms with Crippen molar-refractivity contribution in [1.82, 2.24) is 4.90 Å². The quantitative estimate of drug-likeness (QED) is 0.890. The monoisotopic (exact) mass is 276 g/mol. The Morgan fingerprint density at radius 3 is 2.50 bits per heavy atom. The van der Waals surface area contributed by atoms with Gasteiger partial charge in [0.1, 0.15) is 0 Å². The van der Waals surface area contributed by atoms with Gasteiger partial charge in [0.15, 0.2) is 0 Å². The van der Waals surface area contributed by atoms with Crippen molar-refractivity contribution in [3.8, 4) is 0 Å². The molecule has 0 saturated carbocycles. The summed E-state index contributed by atoms with van der Waals surface area (Å²) in [4.78, 5) is 15.4. The summed E-state index contributed by atoms with van der Waals surface area (Å²) in [6.07, 6.45) is 1.03. The first-order chi connectivity index (χ1) is 9.45. The van der Waals surface area contributed by atoms with E-state index in [4.69, 9.17) is 0 Å². The number of aliphatic hydroxyl groups is 1. The molecule has 110 valence electrons. The number of amides is 1. The van der Waals surface area contributed by atoms with E-state index in [1.165, 1.54) is 11.1 Å². The SMILES string of the molecule is Cc1cc(C)cc(N(C)CC(O)CN2CCCC2=O)c1. The van der Waals surface area contributed by atoms with Crippen LogP contribution in [0.25, 0.3) is 0 Å². The second-order valence-electron chi connectivity index (χ2n) is 5.82. The van der Waals surface area contributed by atoms with E-state index >= 15 is 0 Å². The van der Waals surface area contributed by atoms with Crippen LogP contribution in [0.15, 0.2) is 18.2 Å². The van der Waals surface area contributed by atoms with Gasteiger partial charge in [-0.25, -0.2) is 0 Å². The number of anilines is 1. The molecular weight excluding hydrogens is 252 g/mol. The minimum absolute atomic E-state index is 0.165. The molecule has 4 nitrogen and oxygen atoms in total. The minimum Gasteiger partial charge on any atom is -0.389 e. The number of benzene rings is 1. The molecule has 1 aromatic carbocycles. The van der Waals surface area contributed by atoms with Gasteiger partial charge < -0.3 is 14.9 Å². The number of aryl methyl sites for hydroxylation is 2. The lowest BCUT2D eigenvalue weighted by atomic mass is 10.1. The summed E-state index contributed by atoms with van der Waals surface area (Å²) < 4.78 is 0. The summed E-state index contributed by atoms with van der Waals surface area (Å²) in [7, 11) is 1.98. The Hall–Kier alpha value is -1.55. The molecule has 1 aliphatic heterocycles. The van der Waals surface area contributed by atoms with Crippen LogP contribution in [0.5, 0.6) is 0 Å². The zero-order chi connectivity index (χ0) is 14.7. The fourth-order valence-corrected chi connectivity index (χ4v) is 2.80. The summed E-state index contributed by atoms with van der Waals surface area (Å²) in [5.74, 6) is 0.165. The molecule has 4 heteroatoms. The zero-order valence-corrected chi connectivity index (χ0v) is 12.6. The van der Waals surface area contributed by atoms with Crippen LogP contribution in [-0.2, 0) is 4.79 Å². The summed E-state index contributed by atoms with van der Waals surface area (Å²) >= 11 is 0. The number of rotatable bonds is 5. The molecule has 1 atom stereocenters. The average Bonchev–Trinajstić information content (AvgIpc) is 2.73. The molecule has 20 heavy (non-hydrogen) atoms. The standard InChI is InChI=1S/C16H24N2O2/c1-12-7-13(2)9-14(8-12)17(3)10-15(19)11-18-6-4-5-16(18)20/h7-9,15,19H,4-6,10-11H2,1-3H3. The van der Waals surface area contributed by atoms with Crippen molar-refractivity contribution >= 4 is 11.6 Å². The van der Waals surface area contributed by atoms with Crippen molar-refractivity contribution in [3.63, 3.8) is 0 Å². The lowest BCUT2D eigenvalue weighted by Crippen LogP contribution is -2.39. The van der Waals surface area contributed by atoms with Crippen LogP contribution in [-0.4, -0.2) is 48.7 Å². The summed E-state index contributed by atoms with van der Waals surface area (Å²) in [6, 6.07) is 6.36. The molecule has 0 bridgehead atoms. The molecule has 1 amide bonds. The van der Waals surface area contributed by atoms with Gasteiger partial charge in [0.2, 0.25) is 5.91 Å². The van der Waals surface area contributed by atoms with E-state index < -0.39 is 6.10 Å². The molecule has 0 aliphatic carbocycles. The number of likely N-dealkylation sites (tertiary alicyclic amines) is 1. The number of hydrogen-bond donors (Lipinski definition) is 1. The summed E-state index contributed by atoms with van der Waals surface area (Å²) in [5, 5.41) is 10.2. The Labute approximate surface area is 121 Å². The van der Waals surface area contributed by atoms with Crippen molar-refractivity contribution in [1.29, 1.82) is 0 Å². The molecule has 1 unspecified atom stereocenters. The van der Waals surface area contributed by atoms with Crippen LogP contribution < -0.4 is 4.90 Å². The Morgan fingerprint density at radius 2 is 1.95 bits per heavy atom. The third kappa shape index (κ3) is 3.73. The smallest absolute Gasteiger partial charge is 0.222 e. The highest BCUT2D eigenvalue weighted by molar-refractivity contribution is 5.78. The van der Waals surface area contributed by atoms with Gasteiger partial charge in [-0.15, -0.1) is 0 Å². The molecule has 1 N–H and O–H groups in total. The van der Waals surface area contributed by atoms with E-state index in [0.29, 0.717) is 19.5 Å². The lowest BCUT2D eigenvalue weighted by molar-refractivity contribution is -0.128. The van der Waals surface area contributed by atoms with Crippen molar-refractivity contribution in [2.24, 2.45) is 0 Å². The maximum absolute atomic E-state index is 11.6. The first-order valence-electron chi connectivity index (χ1n) is 7.21. The molecule has 1 fully saturated rings. The Balaban J connectivity index is 1.92. The molecule has 2 rings (SSSR count). The van der Waals surface area contributed by atoms with Crippen LogP contribution in [0.2, 0.25) is 0 Å². The van der Waals surface area contributed by atoms with Crippen molar-refractivity contribution in [3.05, 3.63) is 29.3 Å². The lowest BCUT2D eigenvalue weighted by Gasteiger charge is -2.26. The predicted molar refractivity (Wildman–Crippen MR) is 81.0 cm³/mol. The van der Waals surface area contributed by atoms with E-state index in [-0.39, 0.29) is 5.91 Å². The van der Waals surface area contributed by atoms with Crippen LogP contribution in [0.3, 0.4) is 0 Å². The highest BCUT2D eigenvalue weighted by Crippen LogP contribution is 2.18. The summed E-state index contributed by atoms with van der Waals surface area (Å²) in [5.41, 5.74) is 3.54. The van der Waals surface area contributed by atoms with Gasteiger partial charge in [-0.3, -0.25) is 4.79 Å². The number of carbonyl (C=O) groups is 1.